The van der Waals surface area contributed by atoms with Gasteiger partial charge in [0.1, 0.15) is 12.9 Å². The van der Waals surface area contributed by atoms with Gasteiger partial charge in [0, 0.05) is 0 Å². The minimum atomic E-state index is 0.338. The molecular formula is C17H14Cl2N4O2S. The topological polar surface area (TPSA) is 64.4 Å². The summed E-state index contributed by atoms with van der Waals surface area (Å²) < 4.78 is 13.1. The minimum Gasteiger partial charge on any atom is -0.493 e. The average Bonchev–Trinajstić information content (AvgIpc) is 3.06. The number of aromatic nitrogens is 3. The molecule has 1 aromatic heterocycles. The van der Waals surface area contributed by atoms with Gasteiger partial charge in [-0.2, -0.15) is 14.9 Å². The molecule has 0 atom stereocenters. The third-order valence-electron chi connectivity index (χ3n) is 3.43. The maximum Gasteiger partial charge on any atom is 0.216 e. The number of halogens is 2. The molecule has 0 amide bonds. The lowest BCUT2D eigenvalue weighted by Crippen LogP contribution is -1.99. The summed E-state index contributed by atoms with van der Waals surface area (Å²) in [6, 6.07) is 10.9. The summed E-state index contributed by atoms with van der Waals surface area (Å²) in [5.74, 6) is 1.19. The first-order valence-electron chi connectivity index (χ1n) is 7.48. The summed E-state index contributed by atoms with van der Waals surface area (Å²) in [4.78, 5) is 0. The predicted octanol–water partition coefficient (Wildman–Crippen LogP) is 4.72. The zero-order valence-corrected chi connectivity index (χ0v) is 16.0. The summed E-state index contributed by atoms with van der Waals surface area (Å²) >= 11 is 17.0. The molecule has 6 nitrogen and oxygen atoms in total. The molecule has 1 heterocycles. The number of benzene rings is 2. The fourth-order valence-electron chi connectivity index (χ4n) is 2.13. The van der Waals surface area contributed by atoms with Crippen LogP contribution < -0.4 is 9.47 Å². The molecule has 0 aliphatic heterocycles. The smallest absolute Gasteiger partial charge is 0.216 e. The van der Waals surface area contributed by atoms with Crippen LogP contribution in [0.3, 0.4) is 0 Å². The second kappa shape index (κ2) is 8.35. The van der Waals surface area contributed by atoms with Crippen LogP contribution in [0.5, 0.6) is 11.5 Å². The van der Waals surface area contributed by atoms with Crippen molar-refractivity contribution in [1.29, 1.82) is 0 Å². The molecule has 9 heteroatoms. The van der Waals surface area contributed by atoms with Crippen molar-refractivity contribution in [3.05, 3.63) is 68.7 Å². The van der Waals surface area contributed by atoms with Gasteiger partial charge in [-0.15, -0.1) is 0 Å². The summed E-state index contributed by atoms with van der Waals surface area (Å²) in [6.07, 6.45) is 3.14. The van der Waals surface area contributed by atoms with Gasteiger partial charge in [0.05, 0.1) is 23.4 Å². The van der Waals surface area contributed by atoms with Crippen LogP contribution in [-0.4, -0.2) is 28.2 Å². The quantitative estimate of drug-likeness (QED) is 0.473. The van der Waals surface area contributed by atoms with Gasteiger partial charge in [0.2, 0.25) is 4.77 Å². The van der Waals surface area contributed by atoms with E-state index in [0.717, 1.165) is 11.1 Å². The number of hydrogen-bond acceptors (Lipinski definition) is 5. The molecule has 3 aromatic rings. The van der Waals surface area contributed by atoms with Crippen LogP contribution >= 0.6 is 35.4 Å². The maximum atomic E-state index is 6.02. The van der Waals surface area contributed by atoms with E-state index in [2.05, 4.69) is 15.3 Å². The molecule has 0 aliphatic rings. The molecule has 0 saturated carbocycles. The van der Waals surface area contributed by atoms with Crippen LogP contribution in [0.2, 0.25) is 10.0 Å². The number of ether oxygens (including phenoxy) is 2. The maximum absolute atomic E-state index is 6.02. The molecule has 3 rings (SSSR count). The second-order valence-electron chi connectivity index (χ2n) is 5.20. The van der Waals surface area contributed by atoms with Gasteiger partial charge < -0.3 is 9.47 Å². The minimum absolute atomic E-state index is 0.338. The monoisotopic (exact) mass is 408 g/mol. The highest BCUT2D eigenvalue weighted by Gasteiger charge is 2.07. The summed E-state index contributed by atoms with van der Waals surface area (Å²) in [5, 5.41) is 11.7. The van der Waals surface area contributed by atoms with Gasteiger partial charge in [-0.1, -0.05) is 29.3 Å². The Morgan fingerprint density at radius 3 is 2.73 bits per heavy atom. The normalized spacial score (nSPS) is 11.0. The van der Waals surface area contributed by atoms with Crippen LogP contribution in [0, 0.1) is 4.77 Å². The van der Waals surface area contributed by atoms with Gasteiger partial charge in [0.15, 0.2) is 11.5 Å². The number of aromatic amines is 1. The van der Waals surface area contributed by atoms with Gasteiger partial charge >= 0.3 is 0 Å². The molecule has 0 unspecified atom stereocenters. The Bertz CT molecular complexity index is 1000. The highest BCUT2D eigenvalue weighted by atomic mass is 35.5. The Balaban J connectivity index is 1.74. The highest BCUT2D eigenvalue weighted by Crippen LogP contribution is 2.29. The van der Waals surface area contributed by atoms with Gasteiger partial charge in [-0.25, -0.2) is 0 Å². The van der Waals surface area contributed by atoms with E-state index in [4.69, 9.17) is 44.9 Å². The molecule has 0 spiro atoms. The fraction of sp³-hybridized carbons (Fsp3) is 0.118. The summed E-state index contributed by atoms with van der Waals surface area (Å²) in [7, 11) is 1.58. The number of nitrogens with zero attached hydrogens (tertiary/aromatic N) is 3. The van der Waals surface area contributed by atoms with E-state index in [1.54, 1.807) is 25.5 Å². The molecular weight excluding hydrogens is 395 g/mol. The summed E-state index contributed by atoms with van der Waals surface area (Å²) in [5.41, 5.74) is 1.73. The second-order valence-corrected chi connectivity index (χ2v) is 6.40. The van der Waals surface area contributed by atoms with E-state index < -0.39 is 0 Å². The lowest BCUT2D eigenvalue weighted by Gasteiger charge is -2.11. The van der Waals surface area contributed by atoms with Crippen molar-refractivity contribution >= 4 is 41.6 Å². The standard InChI is InChI=1S/C17H14Cl2N4O2S/c1-24-16-7-11(8-21-23-10-20-22-17(23)26)3-5-15(16)25-9-12-2-4-13(18)14(19)6-12/h2-8,10H,9H2,1H3,(H,22,26). The van der Waals surface area contributed by atoms with Crippen LogP contribution in [0.1, 0.15) is 11.1 Å². The van der Waals surface area contributed by atoms with Crippen molar-refractivity contribution in [2.75, 3.05) is 7.11 Å². The van der Waals surface area contributed by atoms with Gasteiger partial charge in [-0.05, 0) is 53.7 Å². The van der Waals surface area contributed by atoms with E-state index in [1.165, 1.54) is 11.0 Å². The molecule has 0 aliphatic carbocycles. The van der Waals surface area contributed by atoms with Gasteiger partial charge in [0.25, 0.3) is 0 Å². The Labute approximate surface area is 165 Å². The predicted molar refractivity (Wildman–Crippen MR) is 104 cm³/mol. The SMILES string of the molecule is COc1cc(C=Nn2cn[nH]c2=S)ccc1OCc1ccc(Cl)c(Cl)c1. The van der Waals surface area contributed by atoms with E-state index in [9.17, 15) is 0 Å². The molecule has 134 valence electrons. The van der Waals surface area contributed by atoms with E-state index in [-0.39, 0.29) is 0 Å². The zero-order chi connectivity index (χ0) is 18.5. The molecule has 0 saturated heterocycles. The van der Waals surface area contributed by atoms with Crippen molar-refractivity contribution < 1.29 is 9.47 Å². The third-order valence-corrected chi connectivity index (χ3v) is 4.45. The van der Waals surface area contributed by atoms with Crippen molar-refractivity contribution in [1.82, 2.24) is 14.9 Å². The van der Waals surface area contributed by atoms with E-state index in [0.29, 0.717) is 32.9 Å². The van der Waals surface area contributed by atoms with Crippen molar-refractivity contribution in [2.24, 2.45) is 5.10 Å². The molecule has 2 aromatic carbocycles. The van der Waals surface area contributed by atoms with Crippen molar-refractivity contribution in [3.63, 3.8) is 0 Å². The average molecular weight is 409 g/mol. The van der Waals surface area contributed by atoms with Gasteiger partial charge in [-0.3, -0.25) is 5.10 Å². The Hall–Kier alpha value is -2.35. The Morgan fingerprint density at radius 1 is 1.19 bits per heavy atom. The number of nitrogens with one attached hydrogen (secondary N) is 1. The fourth-order valence-corrected chi connectivity index (χ4v) is 2.60. The van der Waals surface area contributed by atoms with Crippen LogP contribution in [0.15, 0.2) is 47.8 Å². The Morgan fingerprint density at radius 2 is 2.04 bits per heavy atom. The number of H-pyrrole nitrogens is 1. The lowest BCUT2D eigenvalue weighted by molar-refractivity contribution is 0.284. The molecule has 0 fully saturated rings. The van der Waals surface area contributed by atoms with Crippen LogP contribution in [0.4, 0.5) is 0 Å². The van der Waals surface area contributed by atoms with Crippen molar-refractivity contribution in [3.8, 4) is 11.5 Å². The highest BCUT2D eigenvalue weighted by molar-refractivity contribution is 7.71. The number of hydrogen-bond donors (Lipinski definition) is 1. The first kappa shape index (κ1) is 18.4. The summed E-state index contributed by atoms with van der Waals surface area (Å²) in [6.45, 7) is 0.338. The Kier molecular flexibility index (Phi) is 5.92. The largest absolute Gasteiger partial charge is 0.493 e. The van der Waals surface area contributed by atoms with E-state index in [1.807, 2.05) is 24.3 Å². The van der Waals surface area contributed by atoms with Crippen LogP contribution in [-0.2, 0) is 6.61 Å². The number of rotatable bonds is 6. The third kappa shape index (κ3) is 4.43. The molecule has 1 N–H and O–H groups in total. The first-order valence-corrected chi connectivity index (χ1v) is 8.64. The zero-order valence-electron chi connectivity index (χ0n) is 13.6. The molecule has 0 bridgehead atoms. The van der Waals surface area contributed by atoms with Crippen molar-refractivity contribution in [2.45, 2.75) is 6.61 Å². The number of methoxy groups -OCH3 is 1. The lowest BCUT2D eigenvalue weighted by atomic mass is 10.2. The van der Waals surface area contributed by atoms with Crippen LogP contribution in [0.25, 0.3) is 0 Å². The molecule has 0 radical (unpaired) electrons. The molecule has 26 heavy (non-hydrogen) atoms. The van der Waals surface area contributed by atoms with E-state index >= 15 is 0 Å². The first-order chi connectivity index (χ1) is 12.6.